The average molecular weight is 377 g/mol. The van der Waals surface area contributed by atoms with E-state index in [9.17, 15) is 0 Å². The Bertz CT molecular complexity index is 495. The van der Waals surface area contributed by atoms with Crippen molar-refractivity contribution < 1.29 is 8.85 Å². The van der Waals surface area contributed by atoms with Gasteiger partial charge in [0.1, 0.15) is 0 Å². The lowest BCUT2D eigenvalue weighted by atomic mass is 9.65. The largest absolute Gasteiger partial charge is 0.418 e. The second-order valence-corrected chi connectivity index (χ2v) is 18.3. The maximum atomic E-state index is 6.49. The smallest absolute Gasteiger partial charge is 0.183 e. The van der Waals surface area contributed by atoms with Gasteiger partial charge in [-0.05, 0) is 52.1 Å². The van der Waals surface area contributed by atoms with Gasteiger partial charge in [-0.15, -0.1) is 0 Å². The zero-order chi connectivity index (χ0) is 18.6. The predicted octanol–water partition coefficient (Wildman–Crippen LogP) is 5.94. The highest BCUT2D eigenvalue weighted by molar-refractivity contribution is 6.70. The van der Waals surface area contributed by atoms with Gasteiger partial charge in [0.15, 0.2) is 16.6 Å². The van der Waals surface area contributed by atoms with Crippen molar-refractivity contribution >= 4 is 16.6 Å². The van der Waals surface area contributed by atoms with E-state index < -0.39 is 16.6 Å². The fourth-order valence-corrected chi connectivity index (χ4v) is 5.04. The van der Waals surface area contributed by atoms with Crippen LogP contribution in [0.15, 0.2) is 48.6 Å². The van der Waals surface area contributed by atoms with Crippen molar-refractivity contribution in [3.8, 4) is 0 Å². The van der Waals surface area contributed by atoms with Crippen LogP contribution in [0.5, 0.6) is 0 Å². The van der Waals surface area contributed by atoms with Gasteiger partial charge >= 0.3 is 0 Å². The summed E-state index contributed by atoms with van der Waals surface area (Å²) in [4.78, 5) is 0. The molecule has 0 unspecified atom stereocenters. The molecule has 0 aromatic heterocycles. The van der Waals surface area contributed by atoms with E-state index in [1.807, 2.05) is 0 Å². The molecule has 4 heteroatoms. The lowest BCUT2D eigenvalue weighted by Crippen LogP contribution is -2.43. The van der Waals surface area contributed by atoms with Crippen LogP contribution in [0, 0.1) is 17.3 Å². The topological polar surface area (TPSA) is 18.5 Å². The van der Waals surface area contributed by atoms with Crippen molar-refractivity contribution in [1.29, 1.82) is 0 Å². The Balaban J connectivity index is 2.17. The van der Waals surface area contributed by atoms with Gasteiger partial charge in [0.25, 0.3) is 0 Å². The molecule has 0 radical (unpaired) electrons. The summed E-state index contributed by atoms with van der Waals surface area (Å²) in [6, 6.07) is 0. The highest BCUT2D eigenvalue weighted by Crippen LogP contribution is 2.47. The average Bonchev–Trinajstić information content (AvgIpc) is 3.18. The van der Waals surface area contributed by atoms with Crippen molar-refractivity contribution in [2.24, 2.45) is 17.3 Å². The first kappa shape index (κ1) is 20.6. The van der Waals surface area contributed by atoms with E-state index in [0.717, 1.165) is 26.1 Å². The number of hydrogen-bond donors (Lipinski definition) is 0. The molecular weight excluding hydrogens is 340 g/mol. The van der Waals surface area contributed by atoms with Crippen LogP contribution in [0.1, 0.15) is 12.8 Å². The molecule has 140 valence electrons. The molecule has 0 bridgehead atoms. The minimum absolute atomic E-state index is 0.0933. The Hall–Kier alpha value is -0.686. The maximum Gasteiger partial charge on any atom is 0.183 e. The minimum atomic E-state index is -1.57. The summed E-state index contributed by atoms with van der Waals surface area (Å²) in [5.74, 6) is 0.876. The molecule has 0 heterocycles. The Morgan fingerprint density at radius 1 is 0.720 bits per heavy atom. The van der Waals surface area contributed by atoms with Gasteiger partial charge in [-0.25, -0.2) is 0 Å². The van der Waals surface area contributed by atoms with Crippen LogP contribution in [0.3, 0.4) is 0 Å². The summed E-state index contributed by atoms with van der Waals surface area (Å²) in [6.07, 6.45) is 20.4. The third-order valence-corrected chi connectivity index (χ3v) is 7.00. The second-order valence-electron chi connectivity index (χ2n) is 9.29. The van der Waals surface area contributed by atoms with E-state index in [1.165, 1.54) is 0 Å². The van der Waals surface area contributed by atoms with E-state index in [0.29, 0.717) is 11.8 Å². The Morgan fingerprint density at radius 3 is 1.56 bits per heavy atom. The Kier molecular flexibility index (Phi) is 6.88. The van der Waals surface area contributed by atoms with Gasteiger partial charge in [-0.1, -0.05) is 48.6 Å². The van der Waals surface area contributed by atoms with Crippen molar-refractivity contribution in [2.75, 3.05) is 13.2 Å². The fraction of sp³-hybridized carbons (Fsp3) is 0.619. The van der Waals surface area contributed by atoms with Gasteiger partial charge in [-0.3, -0.25) is 0 Å². The molecule has 0 spiro atoms. The lowest BCUT2D eigenvalue weighted by molar-refractivity contribution is 0.0677. The van der Waals surface area contributed by atoms with E-state index in [1.54, 1.807) is 0 Å². The predicted molar refractivity (Wildman–Crippen MR) is 114 cm³/mol. The van der Waals surface area contributed by atoms with Gasteiger partial charge in [0.05, 0.1) is 0 Å². The molecule has 0 saturated heterocycles. The number of hydrogen-bond acceptors (Lipinski definition) is 2. The molecular formula is C21H36O2Si2. The molecule has 0 N–H and O–H groups in total. The number of allylic oxidation sites excluding steroid dienone is 8. The summed E-state index contributed by atoms with van der Waals surface area (Å²) >= 11 is 0. The molecule has 25 heavy (non-hydrogen) atoms. The maximum absolute atomic E-state index is 6.49. The third kappa shape index (κ3) is 6.21. The lowest BCUT2D eigenvalue weighted by Gasteiger charge is -2.43. The third-order valence-electron chi connectivity index (χ3n) is 4.92. The normalized spacial score (nSPS) is 18.8. The monoisotopic (exact) mass is 376 g/mol. The summed E-state index contributed by atoms with van der Waals surface area (Å²) < 4.78 is 12.6. The van der Waals surface area contributed by atoms with Crippen LogP contribution in [0.4, 0.5) is 0 Å². The number of rotatable bonds is 10. The fourth-order valence-electron chi connectivity index (χ4n) is 3.58. The van der Waals surface area contributed by atoms with Crippen LogP contribution in [0.2, 0.25) is 39.3 Å². The van der Waals surface area contributed by atoms with Crippen LogP contribution in [-0.4, -0.2) is 29.8 Å². The molecule has 0 saturated carbocycles. The summed E-state index contributed by atoms with van der Waals surface area (Å²) in [6.45, 7) is 15.3. The zero-order valence-corrected chi connectivity index (χ0v) is 18.9. The van der Waals surface area contributed by atoms with E-state index in [4.69, 9.17) is 8.85 Å². The molecule has 0 aromatic rings. The summed E-state index contributed by atoms with van der Waals surface area (Å²) in [5.41, 5.74) is 0.0933. The Labute approximate surface area is 157 Å². The highest BCUT2D eigenvalue weighted by atomic mass is 28.4. The quantitative estimate of drug-likeness (QED) is 0.347. The Morgan fingerprint density at radius 2 is 1.16 bits per heavy atom. The second kappa shape index (κ2) is 8.34. The van der Waals surface area contributed by atoms with Crippen LogP contribution in [-0.2, 0) is 8.85 Å². The van der Waals surface area contributed by atoms with Gasteiger partial charge < -0.3 is 8.85 Å². The minimum Gasteiger partial charge on any atom is -0.418 e. The van der Waals surface area contributed by atoms with Crippen molar-refractivity contribution in [3.05, 3.63) is 48.6 Å². The first-order valence-corrected chi connectivity index (χ1v) is 16.4. The highest BCUT2D eigenvalue weighted by Gasteiger charge is 2.43. The molecule has 2 aliphatic rings. The molecule has 0 amide bonds. The molecule has 0 atom stereocenters. The summed E-state index contributed by atoms with van der Waals surface area (Å²) in [7, 11) is -3.01. The van der Waals surface area contributed by atoms with E-state index in [2.05, 4.69) is 87.9 Å². The first-order valence-electron chi connectivity index (χ1n) is 9.60. The first-order chi connectivity index (χ1) is 11.6. The molecule has 2 nitrogen and oxygen atoms in total. The summed E-state index contributed by atoms with van der Waals surface area (Å²) in [5, 5.41) is 0. The standard InChI is InChI=1S/C21H36O2Si2/c1-24(2,3)22-17-11-16-21(18-23-25(4,5)6,19-12-7-8-13-19)20-14-9-10-15-20/h7-10,12-15,19-20H,11,16-18H2,1-6H3. The van der Waals surface area contributed by atoms with Crippen molar-refractivity contribution in [2.45, 2.75) is 52.1 Å². The van der Waals surface area contributed by atoms with E-state index >= 15 is 0 Å². The SMILES string of the molecule is C[Si](C)(C)OCCCC(CO[Si](C)(C)C)(C1C=CC=C1)C1C=CC=C1. The van der Waals surface area contributed by atoms with Gasteiger partial charge in [0, 0.05) is 30.5 Å². The zero-order valence-electron chi connectivity index (χ0n) is 16.9. The van der Waals surface area contributed by atoms with Gasteiger partial charge in [0.2, 0.25) is 0 Å². The van der Waals surface area contributed by atoms with Crippen molar-refractivity contribution in [3.63, 3.8) is 0 Å². The van der Waals surface area contributed by atoms with Crippen molar-refractivity contribution in [1.82, 2.24) is 0 Å². The van der Waals surface area contributed by atoms with Crippen LogP contribution >= 0.6 is 0 Å². The van der Waals surface area contributed by atoms with Crippen LogP contribution in [0.25, 0.3) is 0 Å². The molecule has 0 fully saturated rings. The molecule has 2 rings (SSSR count). The van der Waals surface area contributed by atoms with Gasteiger partial charge in [-0.2, -0.15) is 0 Å². The molecule has 0 aliphatic heterocycles. The van der Waals surface area contributed by atoms with Crippen LogP contribution < -0.4 is 0 Å². The van der Waals surface area contributed by atoms with E-state index in [-0.39, 0.29) is 5.41 Å². The molecule has 2 aliphatic carbocycles. The molecule has 0 aromatic carbocycles.